The van der Waals surface area contributed by atoms with E-state index in [0.717, 1.165) is 18.3 Å². The molecule has 0 atom stereocenters. The number of carbonyl (C=O) groups is 2. The Balaban J connectivity index is 2.21. The Labute approximate surface area is 104 Å². The molecule has 9 heteroatoms. The van der Waals surface area contributed by atoms with E-state index in [9.17, 15) is 18.4 Å². The summed E-state index contributed by atoms with van der Waals surface area (Å²) >= 11 is 0. The van der Waals surface area contributed by atoms with Gasteiger partial charge in [-0.2, -0.15) is 9.49 Å². The van der Waals surface area contributed by atoms with Gasteiger partial charge >= 0.3 is 5.97 Å². The molecular weight excluding hydrogens is 262 g/mol. The van der Waals surface area contributed by atoms with E-state index in [1.165, 1.54) is 0 Å². The smallest absolute Gasteiger partial charge is 0.353 e. The zero-order valence-electron chi connectivity index (χ0n) is 9.15. The molecule has 0 aliphatic rings. The summed E-state index contributed by atoms with van der Waals surface area (Å²) in [6.45, 7) is 0. The predicted octanol–water partition coefficient (Wildman–Crippen LogP) is 1.03. The van der Waals surface area contributed by atoms with E-state index in [0.29, 0.717) is 0 Å². The van der Waals surface area contributed by atoms with Gasteiger partial charge in [0.05, 0.1) is 5.56 Å². The van der Waals surface area contributed by atoms with Crippen LogP contribution >= 0.6 is 0 Å². The van der Waals surface area contributed by atoms with Crippen LogP contribution in [-0.2, 0) is 0 Å². The molecule has 2 heterocycles. The van der Waals surface area contributed by atoms with E-state index in [4.69, 9.17) is 5.11 Å². The van der Waals surface area contributed by atoms with Gasteiger partial charge in [-0.1, -0.05) is 0 Å². The Morgan fingerprint density at radius 3 is 2.74 bits per heavy atom. The number of hydrogen-bond donors (Lipinski definition) is 3. The molecule has 2 rings (SSSR count). The summed E-state index contributed by atoms with van der Waals surface area (Å²) in [5.41, 5.74) is -0.816. The number of amides is 1. The van der Waals surface area contributed by atoms with Gasteiger partial charge in [-0.25, -0.2) is 14.2 Å². The quantitative estimate of drug-likeness (QED) is 0.720. The maximum Gasteiger partial charge on any atom is 0.353 e. The highest BCUT2D eigenvalue weighted by Gasteiger charge is 2.17. The van der Waals surface area contributed by atoms with E-state index in [2.05, 4.69) is 20.5 Å². The number of nitrogens with one attached hydrogen (secondary N) is 2. The average molecular weight is 268 g/mol. The lowest BCUT2D eigenvalue weighted by molar-refractivity contribution is 0.0690. The van der Waals surface area contributed by atoms with Gasteiger partial charge < -0.3 is 10.4 Å². The molecule has 0 aliphatic heterocycles. The Morgan fingerprint density at radius 1 is 1.37 bits per heavy atom. The second-order valence-electron chi connectivity index (χ2n) is 3.39. The van der Waals surface area contributed by atoms with Crippen LogP contribution in [0.4, 0.5) is 14.6 Å². The van der Waals surface area contributed by atoms with Crippen LogP contribution in [0.25, 0.3) is 0 Å². The molecule has 7 nitrogen and oxygen atoms in total. The van der Waals surface area contributed by atoms with Gasteiger partial charge in [-0.3, -0.25) is 9.89 Å². The van der Waals surface area contributed by atoms with Crippen molar-refractivity contribution in [1.29, 1.82) is 0 Å². The lowest BCUT2D eigenvalue weighted by Gasteiger charge is -2.02. The maximum absolute atomic E-state index is 13.3. The molecule has 0 radical (unpaired) electrons. The second-order valence-corrected chi connectivity index (χ2v) is 3.39. The number of hydrogen-bond acceptors (Lipinski definition) is 4. The highest BCUT2D eigenvalue weighted by molar-refractivity contribution is 6.04. The Kier molecular flexibility index (Phi) is 3.19. The van der Waals surface area contributed by atoms with Crippen molar-refractivity contribution in [1.82, 2.24) is 15.2 Å². The monoisotopic (exact) mass is 268 g/mol. The fraction of sp³-hybridized carbons (Fsp3) is 0. The zero-order chi connectivity index (χ0) is 14.0. The minimum Gasteiger partial charge on any atom is -0.477 e. The summed E-state index contributed by atoms with van der Waals surface area (Å²) in [5, 5.41) is 16.4. The summed E-state index contributed by atoms with van der Waals surface area (Å²) in [4.78, 5) is 25.2. The van der Waals surface area contributed by atoms with Crippen molar-refractivity contribution in [2.75, 3.05) is 5.32 Å². The van der Waals surface area contributed by atoms with Crippen LogP contribution in [0.5, 0.6) is 0 Å². The van der Waals surface area contributed by atoms with Crippen LogP contribution in [0.2, 0.25) is 0 Å². The van der Waals surface area contributed by atoms with Gasteiger partial charge in [0.1, 0.15) is 5.69 Å². The number of H-pyrrole nitrogens is 1. The minimum absolute atomic E-state index is 0.126. The summed E-state index contributed by atoms with van der Waals surface area (Å²) < 4.78 is 26.1. The molecule has 0 unspecified atom stereocenters. The topological polar surface area (TPSA) is 108 Å². The van der Waals surface area contributed by atoms with Crippen LogP contribution < -0.4 is 5.32 Å². The first-order valence-corrected chi connectivity index (χ1v) is 4.89. The summed E-state index contributed by atoms with van der Waals surface area (Å²) in [5.74, 6) is -5.16. The van der Waals surface area contributed by atoms with Gasteiger partial charge in [0.15, 0.2) is 11.6 Å². The molecule has 2 aromatic heterocycles. The molecule has 0 saturated carbocycles. The maximum atomic E-state index is 13.3. The number of aromatic amines is 1. The number of aromatic carboxylic acids is 1. The first kappa shape index (κ1) is 12.6. The van der Waals surface area contributed by atoms with Crippen molar-refractivity contribution in [2.45, 2.75) is 0 Å². The van der Waals surface area contributed by atoms with Crippen molar-refractivity contribution in [2.24, 2.45) is 0 Å². The third-order valence-corrected chi connectivity index (χ3v) is 2.14. The first-order chi connectivity index (χ1) is 8.99. The van der Waals surface area contributed by atoms with Crippen molar-refractivity contribution in [3.8, 4) is 0 Å². The van der Waals surface area contributed by atoms with Gasteiger partial charge in [-0.15, -0.1) is 0 Å². The predicted molar refractivity (Wildman–Crippen MR) is 57.7 cm³/mol. The first-order valence-electron chi connectivity index (χ1n) is 4.89. The molecule has 2 aromatic rings. The molecule has 0 aliphatic carbocycles. The highest BCUT2D eigenvalue weighted by atomic mass is 19.2. The standard InChI is InChI=1S/C10H6F2N4O3/c11-7-4(1-2-13-8(7)12)9(17)14-6-3-5(10(18)19)15-16-6/h1-3H,(H,18,19)(H2,14,15,16,17). The van der Waals surface area contributed by atoms with Crippen molar-refractivity contribution in [3.05, 3.63) is 41.4 Å². The largest absolute Gasteiger partial charge is 0.477 e. The number of rotatable bonds is 3. The highest BCUT2D eigenvalue weighted by Crippen LogP contribution is 2.12. The van der Waals surface area contributed by atoms with Crippen LogP contribution in [0.15, 0.2) is 18.3 Å². The number of nitrogens with zero attached hydrogens (tertiary/aromatic N) is 2. The van der Waals surface area contributed by atoms with Crippen molar-refractivity contribution < 1.29 is 23.5 Å². The molecule has 0 bridgehead atoms. The van der Waals surface area contributed by atoms with Crippen molar-refractivity contribution in [3.63, 3.8) is 0 Å². The lowest BCUT2D eigenvalue weighted by atomic mass is 10.2. The number of anilines is 1. The Bertz CT molecular complexity index is 656. The normalized spacial score (nSPS) is 10.2. The second kappa shape index (κ2) is 4.80. The van der Waals surface area contributed by atoms with Gasteiger partial charge in [0.25, 0.3) is 5.91 Å². The Morgan fingerprint density at radius 2 is 2.11 bits per heavy atom. The number of halogens is 2. The number of carbonyl (C=O) groups excluding carboxylic acids is 1. The summed E-state index contributed by atoms with van der Waals surface area (Å²) in [7, 11) is 0. The number of pyridine rings is 1. The molecule has 0 fully saturated rings. The van der Waals surface area contributed by atoms with Crippen LogP contribution in [0, 0.1) is 11.8 Å². The van der Waals surface area contributed by atoms with E-state index >= 15 is 0 Å². The number of aromatic nitrogens is 3. The third-order valence-electron chi connectivity index (χ3n) is 2.14. The number of carboxylic acids is 1. The van der Waals surface area contributed by atoms with Crippen LogP contribution in [-0.4, -0.2) is 32.2 Å². The van der Waals surface area contributed by atoms with Gasteiger partial charge in [-0.05, 0) is 6.07 Å². The third kappa shape index (κ3) is 2.54. The van der Waals surface area contributed by atoms with Crippen LogP contribution in [0.3, 0.4) is 0 Å². The minimum atomic E-state index is -1.40. The molecule has 3 N–H and O–H groups in total. The average Bonchev–Trinajstić information content (AvgIpc) is 2.81. The number of carboxylic acid groups (broad SMARTS) is 1. The molecule has 0 spiro atoms. The van der Waals surface area contributed by atoms with E-state index in [-0.39, 0.29) is 11.5 Å². The fourth-order valence-electron chi connectivity index (χ4n) is 1.27. The van der Waals surface area contributed by atoms with Crippen molar-refractivity contribution >= 4 is 17.7 Å². The van der Waals surface area contributed by atoms with E-state index in [1.807, 2.05) is 0 Å². The summed E-state index contributed by atoms with van der Waals surface area (Å²) in [6, 6.07) is 2.02. The molecule has 19 heavy (non-hydrogen) atoms. The van der Waals surface area contributed by atoms with Gasteiger partial charge in [0, 0.05) is 12.3 Å². The fourth-order valence-corrected chi connectivity index (χ4v) is 1.27. The molecular formula is C10H6F2N4O3. The zero-order valence-corrected chi connectivity index (χ0v) is 9.15. The lowest BCUT2D eigenvalue weighted by Crippen LogP contribution is -2.15. The van der Waals surface area contributed by atoms with E-state index < -0.39 is 29.2 Å². The van der Waals surface area contributed by atoms with Gasteiger partial charge in [0.2, 0.25) is 5.95 Å². The molecule has 0 aromatic carbocycles. The SMILES string of the molecule is O=C(O)c1cc(NC(=O)c2ccnc(F)c2F)n[nH]1. The summed E-state index contributed by atoms with van der Waals surface area (Å²) in [6.07, 6.45) is 0.931. The molecule has 1 amide bonds. The van der Waals surface area contributed by atoms with E-state index in [1.54, 1.807) is 0 Å². The molecule has 0 saturated heterocycles. The molecule has 98 valence electrons. The van der Waals surface area contributed by atoms with Crippen LogP contribution in [0.1, 0.15) is 20.8 Å². The Hall–Kier alpha value is -2.84.